The van der Waals surface area contributed by atoms with Crippen LogP contribution in [0.15, 0.2) is 60.9 Å². The first kappa shape index (κ1) is 18.9. The van der Waals surface area contributed by atoms with Crippen LogP contribution in [0.5, 0.6) is 0 Å². The highest BCUT2D eigenvalue weighted by molar-refractivity contribution is 6.30. The second kappa shape index (κ2) is 8.69. The molecule has 3 aromatic rings. The molecule has 0 unspecified atom stereocenters. The van der Waals surface area contributed by atoms with E-state index in [-0.39, 0.29) is 5.91 Å². The number of rotatable bonds is 6. The Morgan fingerprint density at radius 2 is 1.74 bits per heavy atom. The number of carbonyl (C=O) groups is 1. The molecule has 2 N–H and O–H groups in total. The molecule has 138 valence electrons. The number of amides is 1. The average molecular weight is 380 g/mol. The zero-order valence-corrected chi connectivity index (χ0v) is 16.2. The van der Waals surface area contributed by atoms with Crippen LogP contribution in [0, 0.1) is 13.8 Å². The fraction of sp³-hybridized carbons (Fsp3) is 0.182. The Kier molecular flexibility index (Phi) is 6.09. The molecule has 0 aliphatic heterocycles. The monoisotopic (exact) mass is 379 g/mol. The van der Waals surface area contributed by atoms with Crippen LogP contribution in [0.3, 0.4) is 0 Å². The maximum atomic E-state index is 12.4. The van der Waals surface area contributed by atoms with Gasteiger partial charge in [-0.2, -0.15) is 0 Å². The Balaban J connectivity index is 1.59. The molecule has 4 nitrogen and oxygen atoms in total. The van der Waals surface area contributed by atoms with E-state index in [9.17, 15) is 4.79 Å². The molecule has 1 aromatic heterocycles. The molecule has 0 saturated heterocycles. The van der Waals surface area contributed by atoms with Crippen LogP contribution in [-0.2, 0) is 6.42 Å². The first-order valence-electron chi connectivity index (χ1n) is 8.83. The maximum absolute atomic E-state index is 12.4. The molecular weight excluding hydrogens is 358 g/mol. The van der Waals surface area contributed by atoms with Gasteiger partial charge in [0.15, 0.2) is 0 Å². The zero-order chi connectivity index (χ0) is 19.2. The van der Waals surface area contributed by atoms with E-state index in [1.165, 1.54) is 11.1 Å². The van der Waals surface area contributed by atoms with Crippen LogP contribution in [0.2, 0.25) is 5.02 Å². The highest BCUT2D eigenvalue weighted by atomic mass is 35.5. The summed E-state index contributed by atoms with van der Waals surface area (Å²) in [5.41, 5.74) is 5.86. The number of anilines is 2. The summed E-state index contributed by atoms with van der Waals surface area (Å²) in [6.07, 6.45) is 4.03. The van der Waals surface area contributed by atoms with E-state index in [1.54, 1.807) is 18.5 Å². The van der Waals surface area contributed by atoms with Gasteiger partial charge in [-0.1, -0.05) is 29.8 Å². The minimum atomic E-state index is -0.139. The number of aryl methyl sites for hydroxylation is 2. The molecule has 0 aliphatic rings. The van der Waals surface area contributed by atoms with Gasteiger partial charge in [-0.25, -0.2) is 0 Å². The van der Waals surface area contributed by atoms with Crippen molar-refractivity contribution in [1.29, 1.82) is 0 Å². The van der Waals surface area contributed by atoms with Gasteiger partial charge < -0.3 is 10.6 Å². The number of pyridine rings is 1. The van der Waals surface area contributed by atoms with E-state index in [0.29, 0.717) is 17.1 Å². The highest BCUT2D eigenvalue weighted by Crippen LogP contribution is 2.19. The van der Waals surface area contributed by atoms with Crippen molar-refractivity contribution < 1.29 is 4.79 Å². The predicted molar refractivity (Wildman–Crippen MR) is 111 cm³/mol. The summed E-state index contributed by atoms with van der Waals surface area (Å²) in [5.74, 6) is -0.139. The third-order valence-corrected chi connectivity index (χ3v) is 4.66. The van der Waals surface area contributed by atoms with Crippen molar-refractivity contribution in [3.05, 3.63) is 88.2 Å². The number of nitrogens with one attached hydrogen (secondary N) is 2. The first-order chi connectivity index (χ1) is 13.0. The SMILES string of the molecule is Cc1ccc(Nc2cncc(C(=O)NCCc3ccc(Cl)cc3)c2)cc1C. The van der Waals surface area contributed by atoms with Gasteiger partial charge in [-0.3, -0.25) is 9.78 Å². The number of halogens is 1. The van der Waals surface area contributed by atoms with Crippen LogP contribution in [0.25, 0.3) is 0 Å². The largest absolute Gasteiger partial charge is 0.354 e. The summed E-state index contributed by atoms with van der Waals surface area (Å²) >= 11 is 5.88. The van der Waals surface area contributed by atoms with Crippen molar-refractivity contribution in [2.45, 2.75) is 20.3 Å². The average Bonchev–Trinajstić information content (AvgIpc) is 2.66. The maximum Gasteiger partial charge on any atom is 0.252 e. The van der Waals surface area contributed by atoms with Gasteiger partial charge in [0.05, 0.1) is 17.4 Å². The molecule has 1 heterocycles. The second-order valence-corrected chi connectivity index (χ2v) is 6.96. The first-order valence-corrected chi connectivity index (χ1v) is 9.21. The van der Waals surface area contributed by atoms with Crippen LogP contribution >= 0.6 is 11.6 Å². The molecule has 1 amide bonds. The van der Waals surface area contributed by atoms with Gasteiger partial charge in [0.25, 0.3) is 5.91 Å². The van der Waals surface area contributed by atoms with Crippen molar-refractivity contribution in [1.82, 2.24) is 10.3 Å². The number of aromatic nitrogens is 1. The van der Waals surface area contributed by atoms with Crippen molar-refractivity contribution in [3.63, 3.8) is 0 Å². The summed E-state index contributed by atoms with van der Waals surface area (Å²) in [6.45, 7) is 4.70. The van der Waals surface area contributed by atoms with E-state index in [1.807, 2.05) is 30.3 Å². The van der Waals surface area contributed by atoms with E-state index >= 15 is 0 Å². The predicted octanol–water partition coefficient (Wildman–Crippen LogP) is 5.07. The lowest BCUT2D eigenvalue weighted by molar-refractivity contribution is 0.0954. The Morgan fingerprint density at radius 1 is 0.963 bits per heavy atom. The van der Waals surface area contributed by atoms with E-state index in [2.05, 4.69) is 41.6 Å². The van der Waals surface area contributed by atoms with Crippen molar-refractivity contribution >= 4 is 28.9 Å². The smallest absolute Gasteiger partial charge is 0.252 e. The minimum Gasteiger partial charge on any atom is -0.354 e. The van der Waals surface area contributed by atoms with Gasteiger partial charge in [-0.05, 0) is 67.3 Å². The lowest BCUT2D eigenvalue weighted by atomic mass is 10.1. The molecule has 0 radical (unpaired) electrons. The lowest BCUT2D eigenvalue weighted by Crippen LogP contribution is -2.25. The molecule has 2 aromatic carbocycles. The summed E-state index contributed by atoms with van der Waals surface area (Å²) in [4.78, 5) is 16.6. The molecule has 27 heavy (non-hydrogen) atoms. The third kappa shape index (κ3) is 5.31. The van der Waals surface area contributed by atoms with Gasteiger partial charge in [-0.15, -0.1) is 0 Å². The molecule has 0 saturated carbocycles. The number of nitrogens with zero attached hydrogens (tertiary/aromatic N) is 1. The Hall–Kier alpha value is -2.85. The second-order valence-electron chi connectivity index (χ2n) is 6.52. The Morgan fingerprint density at radius 3 is 2.48 bits per heavy atom. The fourth-order valence-corrected chi connectivity index (χ4v) is 2.82. The molecule has 0 spiro atoms. The van der Waals surface area contributed by atoms with Crippen LogP contribution in [0.4, 0.5) is 11.4 Å². The minimum absolute atomic E-state index is 0.139. The Labute approximate surface area is 164 Å². The van der Waals surface area contributed by atoms with E-state index in [4.69, 9.17) is 11.6 Å². The number of hydrogen-bond acceptors (Lipinski definition) is 3. The topological polar surface area (TPSA) is 54.0 Å². The summed E-state index contributed by atoms with van der Waals surface area (Å²) in [5, 5.41) is 6.94. The Bertz CT molecular complexity index is 939. The number of benzene rings is 2. The third-order valence-electron chi connectivity index (χ3n) is 4.41. The quantitative estimate of drug-likeness (QED) is 0.628. The molecule has 0 aliphatic carbocycles. The van der Waals surface area contributed by atoms with Crippen molar-refractivity contribution in [3.8, 4) is 0 Å². The summed E-state index contributed by atoms with van der Waals surface area (Å²) in [6, 6.07) is 15.6. The highest BCUT2D eigenvalue weighted by Gasteiger charge is 2.07. The van der Waals surface area contributed by atoms with Crippen molar-refractivity contribution in [2.75, 3.05) is 11.9 Å². The van der Waals surface area contributed by atoms with Gasteiger partial charge in [0.1, 0.15) is 0 Å². The number of hydrogen-bond donors (Lipinski definition) is 2. The summed E-state index contributed by atoms with van der Waals surface area (Å²) in [7, 11) is 0. The summed E-state index contributed by atoms with van der Waals surface area (Å²) < 4.78 is 0. The fourth-order valence-electron chi connectivity index (χ4n) is 2.69. The zero-order valence-electron chi connectivity index (χ0n) is 15.4. The molecular formula is C22H22ClN3O. The van der Waals surface area contributed by atoms with Crippen LogP contribution < -0.4 is 10.6 Å². The molecule has 5 heteroatoms. The van der Waals surface area contributed by atoms with Gasteiger partial charge in [0.2, 0.25) is 0 Å². The standard InChI is InChI=1S/C22H22ClN3O/c1-15-3-8-20(11-16(15)2)26-21-12-18(13-24-14-21)22(27)25-10-9-17-4-6-19(23)7-5-17/h3-8,11-14,26H,9-10H2,1-2H3,(H,25,27). The molecule has 0 fully saturated rings. The van der Waals surface area contributed by atoms with E-state index in [0.717, 1.165) is 23.4 Å². The molecule has 0 bridgehead atoms. The van der Waals surface area contributed by atoms with Gasteiger partial charge >= 0.3 is 0 Å². The lowest BCUT2D eigenvalue weighted by Gasteiger charge is -2.10. The van der Waals surface area contributed by atoms with Gasteiger partial charge in [0, 0.05) is 23.5 Å². The normalized spacial score (nSPS) is 10.5. The van der Waals surface area contributed by atoms with Crippen molar-refractivity contribution in [2.24, 2.45) is 0 Å². The number of carbonyl (C=O) groups excluding carboxylic acids is 1. The molecule has 3 rings (SSSR count). The van der Waals surface area contributed by atoms with E-state index < -0.39 is 0 Å². The van der Waals surface area contributed by atoms with Crippen LogP contribution in [-0.4, -0.2) is 17.4 Å². The van der Waals surface area contributed by atoms with Crippen LogP contribution in [0.1, 0.15) is 27.0 Å². The molecule has 0 atom stereocenters.